The van der Waals surface area contributed by atoms with Crippen LogP contribution in [0.3, 0.4) is 0 Å². The highest BCUT2D eigenvalue weighted by atomic mass is 16.3. The maximum absolute atomic E-state index is 9.48. The summed E-state index contributed by atoms with van der Waals surface area (Å²) in [5, 5.41) is 18.8. The molecule has 0 aromatic heterocycles. The van der Waals surface area contributed by atoms with E-state index in [4.69, 9.17) is 0 Å². The Kier molecular flexibility index (Phi) is 13.7. The molecule has 0 aliphatic rings. The summed E-state index contributed by atoms with van der Waals surface area (Å²) in [6, 6.07) is 5.14. The smallest absolute Gasteiger partial charge is 0.157 e. The van der Waals surface area contributed by atoms with Crippen molar-refractivity contribution in [3.05, 3.63) is 35.9 Å². The normalized spacial score (nSPS) is 11.4. The lowest BCUT2D eigenvalue weighted by Gasteiger charge is -2.04. The van der Waals surface area contributed by atoms with E-state index in [0.29, 0.717) is 0 Å². The van der Waals surface area contributed by atoms with Crippen molar-refractivity contribution in [3.63, 3.8) is 0 Å². The molecule has 0 fully saturated rings. The molecule has 0 aliphatic heterocycles. The molecular weight excluding hydrogens is 320 g/mol. The maximum atomic E-state index is 9.48. The minimum atomic E-state index is -0.0326. The number of benzene rings is 1. The number of hydrogen-bond acceptors (Lipinski definition) is 2. The molecule has 1 rings (SSSR count). The molecule has 0 spiro atoms. The Bertz CT molecular complexity index is 479. The first kappa shape index (κ1) is 22.6. The molecule has 2 N–H and O–H groups in total. The van der Waals surface area contributed by atoms with Crippen molar-refractivity contribution in [3.8, 4) is 11.5 Å². The molecule has 0 bridgehead atoms. The van der Waals surface area contributed by atoms with Gasteiger partial charge in [0.05, 0.1) is 0 Å². The molecule has 148 valence electrons. The van der Waals surface area contributed by atoms with Crippen LogP contribution in [0, 0.1) is 0 Å². The average Bonchev–Trinajstić information content (AvgIpc) is 2.64. The highest BCUT2D eigenvalue weighted by molar-refractivity contribution is 5.40. The van der Waals surface area contributed by atoms with E-state index in [0.717, 1.165) is 18.4 Å². The number of aryl methyl sites for hydroxylation is 1. The van der Waals surface area contributed by atoms with Gasteiger partial charge in [-0.25, -0.2) is 0 Å². The van der Waals surface area contributed by atoms with Gasteiger partial charge in [-0.3, -0.25) is 0 Å². The summed E-state index contributed by atoms with van der Waals surface area (Å²) in [4.78, 5) is 0. The topological polar surface area (TPSA) is 40.5 Å². The third kappa shape index (κ3) is 12.0. The molecule has 1 aromatic rings. The van der Waals surface area contributed by atoms with Gasteiger partial charge in [-0.2, -0.15) is 0 Å². The minimum absolute atomic E-state index is 0.00736. The zero-order valence-electron chi connectivity index (χ0n) is 16.9. The van der Waals surface area contributed by atoms with Gasteiger partial charge in [0.25, 0.3) is 0 Å². The standard InChI is InChI=1S/C24H40O2/c1-2-3-4-5-6-7-8-9-10-11-12-13-14-15-16-17-18-22-19-20-23(25)24(26)21-22/h9-10,19-21,25-26H,2-8,11-18H2,1H3/b10-9-. The van der Waals surface area contributed by atoms with Crippen LogP contribution in [0.4, 0.5) is 0 Å². The molecule has 0 saturated carbocycles. The lowest BCUT2D eigenvalue weighted by molar-refractivity contribution is 0.403. The van der Waals surface area contributed by atoms with Crippen LogP contribution in [0.15, 0.2) is 30.4 Å². The summed E-state index contributed by atoms with van der Waals surface area (Å²) >= 11 is 0. The van der Waals surface area contributed by atoms with E-state index in [9.17, 15) is 10.2 Å². The fourth-order valence-corrected chi connectivity index (χ4v) is 3.30. The first-order valence-corrected chi connectivity index (χ1v) is 10.9. The molecule has 0 heterocycles. The first-order valence-electron chi connectivity index (χ1n) is 10.9. The van der Waals surface area contributed by atoms with Gasteiger partial charge in [0.2, 0.25) is 0 Å². The molecule has 0 saturated heterocycles. The molecule has 0 aliphatic carbocycles. The molecular formula is C24H40O2. The number of rotatable bonds is 16. The van der Waals surface area contributed by atoms with Crippen LogP contribution < -0.4 is 0 Å². The number of hydrogen-bond donors (Lipinski definition) is 2. The zero-order valence-corrected chi connectivity index (χ0v) is 16.9. The second-order valence-electron chi connectivity index (χ2n) is 7.51. The van der Waals surface area contributed by atoms with Crippen molar-refractivity contribution >= 4 is 0 Å². The number of unbranched alkanes of at least 4 members (excludes halogenated alkanes) is 12. The van der Waals surface area contributed by atoms with Gasteiger partial charge in [0.1, 0.15) is 0 Å². The summed E-state index contributed by atoms with van der Waals surface area (Å²) in [7, 11) is 0. The zero-order chi connectivity index (χ0) is 18.9. The summed E-state index contributed by atoms with van der Waals surface area (Å²) in [6.07, 6.45) is 24.2. The van der Waals surface area contributed by atoms with Gasteiger partial charge in [-0.05, 0) is 56.2 Å². The second kappa shape index (κ2) is 15.8. The predicted octanol–water partition coefficient (Wildman–Crippen LogP) is 7.68. The molecule has 2 heteroatoms. The Morgan fingerprint density at radius 2 is 1.19 bits per heavy atom. The predicted molar refractivity (Wildman–Crippen MR) is 113 cm³/mol. The third-order valence-electron chi connectivity index (χ3n) is 5.02. The number of phenolic OH excluding ortho intramolecular Hbond substituents is 2. The Balaban J connectivity index is 1.84. The van der Waals surface area contributed by atoms with Crippen LogP contribution >= 0.6 is 0 Å². The lowest BCUT2D eigenvalue weighted by Crippen LogP contribution is -1.86. The van der Waals surface area contributed by atoms with Crippen molar-refractivity contribution in [1.82, 2.24) is 0 Å². The lowest BCUT2D eigenvalue weighted by atomic mass is 10.0. The van der Waals surface area contributed by atoms with E-state index < -0.39 is 0 Å². The SMILES string of the molecule is CCCCCCCC/C=C\CCCCCCCCc1ccc(O)c(O)c1. The molecule has 0 atom stereocenters. The van der Waals surface area contributed by atoms with E-state index >= 15 is 0 Å². The fraction of sp³-hybridized carbons (Fsp3) is 0.667. The third-order valence-corrected chi connectivity index (χ3v) is 5.02. The van der Waals surface area contributed by atoms with Gasteiger partial charge in [0.15, 0.2) is 11.5 Å². The Morgan fingerprint density at radius 1 is 0.654 bits per heavy atom. The fourth-order valence-electron chi connectivity index (χ4n) is 3.30. The minimum Gasteiger partial charge on any atom is -0.504 e. The van der Waals surface area contributed by atoms with Gasteiger partial charge in [-0.15, -0.1) is 0 Å². The average molecular weight is 361 g/mol. The van der Waals surface area contributed by atoms with Gasteiger partial charge >= 0.3 is 0 Å². The van der Waals surface area contributed by atoms with Crippen molar-refractivity contribution in [2.75, 3.05) is 0 Å². The van der Waals surface area contributed by atoms with E-state index in [2.05, 4.69) is 19.1 Å². The summed E-state index contributed by atoms with van der Waals surface area (Å²) in [5.41, 5.74) is 1.11. The van der Waals surface area contributed by atoms with E-state index in [1.807, 2.05) is 6.07 Å². The van der Waals surface area contributed by atoms with E-state index in [1.165, 1.54) is 83.5 Å². The quantitative estimate of drug-likeness (QED) is 0.180. The molecule has 1 aromatic carbocycles. The van der Waals surface area contributed by atoms with Crippen LogP contribution in [-0.2, 0) is 6.42 Å². The van der Waals surface area contributed by atoms with Crippen molar-refractivity contribution in [1.29, 1.82) is 0 Å². The van der Waals surface area contributed by atoms with Gasteiger partial charge in [-0.1, -0.05) is 82.9 Å². The van der Waals surface area contributed by atoms with Crippen LogP contribution in [-0.4, -0.2) is 10.2 Å². The summed E-state index contributed by atoms with van der Waals surface area (Å²) < 4.78 is 0. The molecule has 0 radical (unpaired) electrons. The van der Waals surface area contributed by atoms with E-state index in [-0.39, 0.29) is 11.5 Å². The largest absolute Gasteiger partial charge is 0.504 e. The van der Waals surface area contributed by atoms with Crippen LogP contribution in [0.25, 0.3) is 0 Å². The highest BCUT2D eigenvalue weighted by Gasteiger charge is 2.00. The Labute approximate surface area is 161 Å². The van der Waals surface area contributed by atoms with Gasteiger partial charge in [0, 0.05) is 0 Å². The number of phenols is 2. The molecule has 26 heavy (non-hydrogen) atoms. The monoisotopic (exact) mass is 360 g/mol. The van der Waals surface area contributed by atoms with Crippen molar-refractivity contribution in [2.45, 2.75) is 103 Å². The van der Waals surface area contributed by atoms with E-state index in [1.54, 1.807) is 12.1 Å². The van der Waals surface area contributed by atoms with Crippen molar-refractivity contribution < 1.29 is 10.2 Å². The second-order valence-corrected chi connectivity index (χ2v) is 7.51. The molecule has 0 amide bonds. The van der Waals surface area contributed by atoms with Crippen molar-refractivity contribution in [2.24, 2.45) is 0 Å². The summed E-state index contributed by atoms with van der Waals surface area (Å²) in [6.45, 7) is 2.27. The van der Waals surface area contributed by atoms with Crippen LogP contribution in [0.2, 0.25) is 0 Å². The molecule has 2 nitrogen and oxygen atoms in total. The highest BCUT2D eigenvalue weighted by Crippen LogP contribution is 2.25. The van der Waals surface area contributed by atoms with Gasteiger partial charge < -0.3 is 10.2 Å². The summed E-state index contributed by atoms with van der Waals surface area (Å²) in [5.74, 6) is -0.0400. The Hall–Kier alpha value is -1.44. The van der Waals surface area contributed by atoms with Crippen LogP contribution in [0.5, 0.6) is 11.5 Å². The van der Waals surface area contributed by atoms with Crippen LogP contribution in [0.1, 0.15) is 102 Å². The Morgan fingerprint density at radius 3 is 1.77 bits per heavy atom. The number of aromatic hydroxyl groups is 2. The first-order chi connectivity index (χ1) is 12.7. The number of allylic oxidation sites excluding steroid dienone is 2. The molecule has 0 unspecified atom stereocenters. The maximum Gasteiger partial charge on any atom is 0.157 e.